The van der Waals surface area contributed by atoms with E-state index in [1.165, 1.54) is 18.9 Å². The summed E-state index contributed by atoms with van der Waals surface area (Å²) in [5.41, 5.74) is 2.40. The van der Waals surface area contributed by atoms with Gasteiger partial charge in [0.05, 0.1) is 19.2 Å². The zero-order valence-corrected chi connectivity index (χ0v) is 15.0. The third-order valence-electron chi connectivity index (χ3n) is 3.73. The number of thioether (sulfide) groups is 1. The van der Waals surface area contributed by atoms with Crippen LogP contribution < -0.4 is 0 Å². The number of rotatable bonds is 5. The van der Waals surface area contributed by atoms with Crippen molar-refractivity contribution in [2.45, 2.75) is 18.5 Å². The van der Waals surface area contributed by atoms with E-state index in [4.69, 9.17) is 4.74 Å². The number of benzene rings is 1. The summed E-state index contributed by atoms with van der Waals surface area (Å²) in [6.45, 7) is 2.03. The van der Waals surface area contributed by atoms with Gasteiger partial charge in [0.25, 0.3) is 5.78 Å². The molecule has 0 aliphatic rings. The van der Waals surface area contributed by atoms with Gasteiger partial charge in [0, 0.05) is 0 Å². The van der Waals surface area contributed by atoms with Gasteiger partial charge in [-0.1, -0.05) is 36.9 Å². The molecule has 1 aromatic carbocycles. The van der Waals surface area contributed by atoms with Crippen molar-refractivity contribution in [2.75, 3.05) is 12.9 Å². The Bertz CT molecular complexity index is 1090. The van der Waals surface area contributed by atoms with E-state index >= 15 is 0 Å². The normalized spacial score (nSPS) is 11.3. The molecule has 4 rings (SSSR count). The fourth-order valence-corrected chi connectivity index (χ4v) is 3.14. The minimum Gasteiger partial charge on any atom is -0.469 e. The minimum atomic E-state index is -0.396. The summed E-state index contributed by atoms with van der Waals surface area (Å²) in [5, 5.41) is 18.1. The van der Waals surface area contributed by atoms with Gasteiger partial charge in [-0.05, 0) is 17.9 Å². The number of aromatic nitrogens is 7. The third kappa shape index (κ3) is 2.77. The lowest BCUT2D eigenvalue weighted by atomic mass is 10.3. The first-order valence-electron chi connectivity index (χ1n) is 7.97. The summed E-state index contributed by atoms with van der Waals surface area (Å²) in [5.74, 6) is 0.835. The van der Waals surface area contributed by atoms with E-state index in [1.807, 2.05) is 37.3 Å². The van der Waals surface area contributed by atoms with Crippen LogP contribution in [0.2, 0.25) is 0 Å². The Kier molecular flexibility index (Phi) is 4.25. The van der Waals surface area contributed by atoms with Crippen molar-refractivity contribution >= 4 is 34.7 Å². The van der Waals surface area contributed by atoms with Crippen molar-refractivity contribution in [2.24, 2.45) is 0 Å². The third-order valence-corrected chi connectivity index (χ3v) is 4.45. The van der Waals surface area contributed by atoms with E-state index in [0.29, 0.717) is 27.8 Å². The van der Waals surface area contributed by atoms with Gasteiger partial charge in [0.2, 0.25) is 5.16 Å². The number of hydrogen-bond acceptors (Lipinski definition) is 8. The zero-order chi connectivity index (χ0) is 18.1. The van der Waals surface area contributed by atoms with Crippen LogP contribution in [0.5, 0.6) is 0 Å². The predicted molar refractivity (Wildman–Crippen MR) is 95.3 cm³/mol. The molecular formula is C16H15N7O2S. The monoisotopic (exact) mass is 369 g/mol. The Morgan fingerprint density at radius 1 is 1.19 bits per heavy atom. The summed E-state index contributed by atoms with van der Waals surface area (Å²) in [7, 11) is 1.34. The number of fused-ring (bicyclic) bond motifs is 3. The van der Waals surface area contributed by atoms with Crippen molar-refractivity contribution in [1.82, 2.24) is 34.6 Å². The lowest BCUT2D eigenvalue weighted by Crippen LogP contribution is -2.06. The molecular weight excluding hydrogens is 354 g/mol. The lowest BCUT2D eigenvalue weighted by molar-refractivity contribution is -0.139. The van der Waals surface area contributed by atoms with Gasteiger partial charge < -0.3 is 4.74 Å². The predicted octanol–water partition coefficient (Wildman–Crippen LogP) is 1.69. The Hall–Kier alpha value is -3.01. The summed E-state index contributed by atoms with van der Waals surface area (Å²) in [6, 6.07) is 9.58. The van der Waals surface area contributed by atoms with Crippen LogP contribution in [-0.4, -0.2) is 53.4 Å². The van der Waals surface area contributed by atoms with E-state index in [-0.39, 0.29) is 6.42 Å². The molecule has 0 spiro atoms. The first kappa shape index (κ1) is 16.5. The molecule has 0 unspecified atom stereocenters. The smallest absolute Gasteiger partial charge is 0.311 e. The van der Waals surface area contributed by atoms with E-state index in [2.05, 4.69) is 25.4 Å². The highest BCUT2D eigenvalue weighted by atomic mass is 32.2. The van der Waals surface area contributed by atoms with E-state index in [9.17, 15) is 4.79 Å². The Morgan fingerprint density at radius 3 is 2.73 bits per heavy atom. The largest absolute Gasteiger partial charge is 0.469 e. The van der Waals surface area contributed by atoms with E-state index < -0.39 is 5.97 Å². The molecule has 0 aliphatic carbocycles. The maximum atomic E-state index is 11.8. The van der Waals surface area contributed by atoms with Crippen LogP contribution >= 0.6 is 11.8 Å². The van der Waals surface area contributed by atoms with Gasteiger partial charge in [-0.25, -0.2) is 4.68 Å². The summed E-state index contributed by atoms with van der Waals surface area (Å²) in [4.78, 5) is 16.1. The molecule has 0 atom stereocenters. The van der Waals surface area contributed by atoms with Crippen LogP contribution in [0.3, 0.4) is 0 Å². The molecule has 0 saturated carbocycles. The van der Waals surface area contributed by atoms with E-state index in [1.54, 1.807) is 9.20 Å². The van der Waals surface area contributed by atoms with Gasteiger partial charge in [0.1, 0.15) is 5.69 Å². The topological polar surface area (TPSA) is 100 Å². The molecule has 4 aromatic rings. The van der Waals surface area contributed by atoms with Crippen molar-refractivity contribution in [3.05, 3.63) is 36.0 Å². The molecule has 132 valence electrons. The second-order valence-corrected chi connectivity index (χ2v) is 6.59. The second kappa shape index (κ2) is 6.71. The summed E-state index contributed by atoms with van der Waals surface area (Å²) >= 11 is 1.52. The van der Waals surface area contributed by atoms with Crippen LogP contribution in [0.4, 0.5) is 0 Å². The molecule has 26 heavy (non-hydrogen) atoms. The van der Waals surface area contributed by atoms with Crippen LogP contribution in [0, 0.1) is 0 Å². The number of ether oxygens (including phenoxy) is 1. The van der Waals surface area contributed by atoms with Gasteiger partial charge in [-0.2, -0.15) is 14.6 Å². The molecule has 0 N–H and O–H groups in total. The first-order valence-corrected chi connectivity index (χ1v) is 8.96. The molecule has 3 aromatic heterocycles. The van der Waals surface area contributed by atoms with Crippen LogP contribution in [-0.2, 0) is 16.0 Å². The van der Waals surface area contributed by atoms with Crippen molar-refractivity contribution in [3.8, 4) is 5.69 Å². The maximum Gasteiger partial charge on any atom is 0.311 e. The fraction of sp³-hybridized carbons (Fsp3) is 0.250. The van der Waals surface area contributed by atoms with Crippen LogP contribution in [0.25, 0.3) is 22.6 Å². The average molecular weight is 369 g/mol. The molecule has 0 fully saturated rings. The standard InChI is InChI=1S/C16H15N7O2S/c1-3-26-16-17-15-19-18-13-11(9-12(24)25-2)20-22(14(13)23(15)21-16)10-7-5-4-6-8-10/h4-8H,3,9H2,1-2H3. The SMILES string of the molecule is CCSc1nc2nnc3c(CC(=O)OC)nn(-c4ccccc4)c3n2n1. The van der Waals surface area contributed by atoms with Crippen LogP contribution in [0.15, 0.2) is 35.5 Å². The Morgan fingerprint density at radius 2 is 2.00 bits per heavy atom. The number of carbonyl (C=O) groups is 1. The van der Waals surface area contributed by atoms with Crippen LogP contribution in [0.1, 0.15) is 12.6 Å². The van der Waals surface area contributed by atoms with Gasteiger partial charge in [-0.3, -0.25) is 4.79 Å². The molecule has 3 heterocycles. The summed E-state index contributed by atoms with van der Waals surface area (Å²) < 4.78 is 8.08. The number of esters is 1. The molecule has 9 nitrogen and oxygen atoms in total. The second-order valence-electron chi connectivity index (χ2n) is 5.36. The van der Waals surface area contributed by atoms with Crippen molar-refractivity contribution in [3.63, 3.8) is 0 Å². The molecule has 0 amide bonds. The Labute approximate surface area is 152 Å². The van der Waals surface area contributed by atoms with Crippen molar-refractivity contribution < 1.29 is 9.53 Å². The summed E-state index contributed by atoms with van der Waals surface area (Å²) in [6.07, 6.45) is -0.00170. The lowest BCUT2D eigenvalue weighted by Gasteiger charge is -2.02. The highest BCUT2D eigenvalue weighted by molar-refractivity contribution is 7.99. The van der Waals surface area contributed by atoms with Gasteiger partial charge in [0.15, 0.2) is 11.2 Å². The number of hydrogen-bond donors (Lipinski definition) is 0. The minimum absolute atomic E-state index is 0.00170. The molecule has 10 heteroatoms. The quantitative estimate of drug-likeness (QED) is 0.387. The highest BCUT2D eigenvalue weighted by Gasteiger charge is 2.21. The first-order chi connectivity index (χ1) is 12.7. The fourth-order valence-electron chi connectivity index (χ4n) is 2.59. The molecule has 0 radical (unpaired) electrons. The Balaban J connectivity index is 2.00. The maximum absolute atomic E-state index is 11.8. The number of nitrogens with zero attached hydrogens (tertiary/aromatic N) is 7. The van der Waals surface area contributed by atoms with Gasteiger partial charge >= 0.3 is 5.97 Å². The molecule has 0 saturated heterocycles. The van der Waals surface area contributed by atoms with Gasteiger partial charge in [-0.15, -0.1) is 15.3 Å². The number of para-hydroxylation sites is 1. The molecule has 0 aliphatic heterocycles. The zero-order valence-electron chi connectivity index (χ0n) is 14.2. The average Bonchev–Trinajstić information content (AvgIpc) is 3.23. The van der Waals surface area contributed by atoms with Crippen molar-refractivity contribution in [1.29, 1.82) is 0 Å². The number of methoxy groups -OCH3 is 1. The molecule has 0 bridgehead atoms. The number of carbonyl (C=O) groups excluding carboxylic acids is 1. The van der Waals surface area contributed by atoms with E-state index in [0.717, 1.165) is 11.4 Å². The highest BCUT2D eigenvalue weighted by Crippen LogP contribution is 2.22.